The molecule has 1 aromatic carbocycles. The molecule has 0 aliphatic rings. The number of hydrogen-bond acceptors (Lipinski definition) is 4. The molecule has 0 amide bonds. The minimum atomic E-state index is -1.35. The van der Waals surface area contributed by atoms with Crippen LogP contribution in [-0.2, 0) is 14.3 Å². The van der Waals surface area contributed by atoms with Gasteiger partial charge >= 0.3 is 11.8 Å². The van der Waals surface area contributed by atoms with E-state index in [0.717, 1.165) is 12.8 Å². The standard InChI is InChI=1S/C16H24O4/c1-4-7-13-16(19-6-3,15(17)18-5-2)20-14-11-9-8-10-12-14/h8-12H,4-7,13H2,1-3H3. The summed E-state index contributed by atoms with van der Waals surface area (Å²) in [6.07, 6.45) is 2.25. The third-order valence-corrected chi connectivity index (χ3v) is 2.85. The maximum Gasteiger partial charge on any atom is 0.379 e. The van der Waals surface area contributed by atoms with E-state index < -0.39 is 11.8 Å². The van der Waals surface area contributed by atoms with Gasteiger partial charge in [0.15, 0.2) is 0 Å². The first-order valence-corrected chi connectivity index (χ1v) is 7.23. The summed E-state index contributed by atoms with van der Waals surface area (Å²) in [5.74, 6) is -1.20. The van der Waals surface area contributed by atoms with E-state index in [4.69, 9.17) is 14.2 Å². The summed E-state index contributed by atoms with van der Waals surface area (Å²) in [5, 5.41) is 0. The molecule has 1 rings (SSSR count). The molecule has 0 fully saturated rings. The highest BCUT2D eigenvalue weighted by atomic mass is 16.7. The minimum absolute atomic E-state index is 0.304. The normalized spacial score (nSPS) is 13.6. The minimum Gasteiger partial charge on any atom is -0.461 e. The predicted octanol–water partition coefficient (Wildman–Crippen LogP) is 3.55. The largest absolute Gasteiger partial charge is 0.461 e. The molecule has 0 radical (unpaired) electrons. The Bertz CT molecular complexity index is 391. The van der Waals surface area contributed by atoms with Gasteiger partial charge in [0, 0.05) is 13.0 Å². The summed E-state index contributed by atoms with van der Waals surface area (Å²) in [4.78, 5) is 12.3. The Morgan fingerprint density at radius 2 is 1.80 bits per heavy atom. The Labute approximate surface area is 121 Å². The van der Waals surface area contributed by atoms with Gasteiger partial charge in [0.05, 0.1) is 6.61 Å². The van der Waals surface area contributed by atoms with Crippen LogP contribution < -0.4 is 4.74 Å². The lowest BCUT2D eigenvalue weighted by Gasteiger charge is -2.31. The molecule has 0 spiro atoms. The van der Waals surface area contributed by atoms with Gasteiger partial charge in [0.2, 0.25) is 0 Å². The molecule has 0 aromatic heterocycles. The zero-order valence-corrected chi connectivity index (χ0v) is 12.6. The fourth-order valence-electron chi connectivity index (χ4n) is 1.92. The topological polar surface area (TPSA) is 44.8 Å². The number of esters is 1. The first-order chi connectivity index (χ1) is 9.68. The zero-order valence-electron chi connectivity index (χ0n) is 12.6. The SMILES string of the molecule is CCCCC(OCC)(Oc1ccccc1)C(=O)OCC. The number of benzene rings is 1. The van der Waals surface area contributed by atoms with E-state index in [1.165, 1.54) is 0 Å². The molecule has 20 heavy (non-hydrogen) atoms. The second kappa shape index (κ2) is 8.59. The van der Waals surface area contributed by atoms with E-state index in [1.807, 2.05) is 25.1 Å². The smallest absolute Gasteiger partial charge is 0.379 e. The van der Waals surface area contributed by atoms with Crippen molar-refractivity contribution in [2.45, 2.75) is 45.8 Å². The molecule has 0 N–H and O–H groups in total. The maximum absolute atomic E-state index is 12.3. The highest BCUT2D eigenvalue weighted by Gasteiger charge is 2.43. The van der Waals surface area contributed by atoms with E-state index in [2.05, 4.69) is 6.92 Å². The first-order valence-electron chi connectivity index (χ1n) is 7.23. The van der Waals surface area contributed by atoms with Gasteiger partial charge in [-0.25, -0.2) is 4.79 Å². The van der Waals surface area contributed by atoms with Gasteiger partial charge in [0.25, 0.3) is 0 Å². The average molecular weight is 280 g/mol. The van der Waals surface area contributed by atoms with Crippen molar-refractivity contribution in [3.8, 4) is 5.75 Å². The van der Waals surface area contributed by atoms with E-state index in [9.17, 15) is 4.79 Å². The lowest BCUT2D eigenvalue weighted by atomic mass is 10.1. The Balaban J connectivity index is 2.97. The summed E-state index contributed by atoms with van der Waals surface area (Å²) in [6, 6.07) is 9.22. The van der Waals surface area contributed by atoms with Crippen molar-refractivity contribution in [2.24, 2.45) is 0 Å². The van der Waals surface area contributed by atoms with Crippen LogP contribution in [-0.4, -0.2) is 25.0 Å². The first kappa shape index (κ1) is 16.5. The van der Waals surface area contributed by atoms with Crippen LogP contribution in [0.5, 0.6) is 5.75 Å². The molecule has 1 aromatic rings. The van der Waals surface area contributed by atoms with Crippen LogP contribution in [0.2, 0.25) is 0 Å². The second-order valence-corrected chi connectivity index (χ2v) is 4.43. The summed E-state index contributed by atoms with van der Waals surface area (Å²) in [6.45, 7) is 6.36. The van der Waals surface area contributed by atoms with Gasteiger partial charge in [-0.1, -0.05) is 31.5 Å². The van der Waals surface area contributed by atoms with Crippen molar-refractivity contribution < 1.29 is 19.0 Å². The highest BCUT2D eigenvalue weighted by molar-refractivity contribution is 5.78. The number of rotatable bonds is 9. The Morgan fingerprint density at radius 1 is 1.10 bits per heavy atom. The number of carbonyl (C=O) groups is 1. The van der Waals surface area contributed by atoms with Crippen LogP contribution in [0.3, 0.4) is 0 Å². The maximum atomic E-state index is 12.3. The molecular formula is C16H24O4. The fraction of sp³-hybridized carbons (Fsp3) is 0.562. The molecule has 0 bridgehead atoms. The number of carbonyl (C=O) groups excluding carboxylic acids is 1. The van der Waals surface area contributed by atoms with E-state index in [0.29, 0.717) is 25.4 Å². The lowest BCUT2D eigenvalue weighted by Crippen LogP contribution is -2.48. The van der Waals surface area contributed by atoms with Crippen LogP contribution in [0.1, 0.15) is 40.0 Å². The van der Waals surface area contributed by atoms with Gasteiger partial charge < -0.3 is 14.2 Å². The Kier molecular flexibility index (Phi) is 7.09. The number of para-hydroxylation sites is 1. The summed E-state index contributed by atoms with van der Waals surface area (Å²) < 4.78 is 16.7. The van der Waals surface area contributed by atoms with Crippen molar-refractivity contribution in [2.75, 3.05) is 13.2 Å². The quantitative estimate of drug-likeness (QED) is 0.512. The molecule has 0 aliphatic carbocycles. The molecule has 4 nitrogen and oxygen atoms in total. The van der Waals surface area contributed by atoms with Crippen molar-refractivity contribution in [1.82, 2.24) is 0 Å². The molecular weight excluding hydrogens is 256 g/mol. The van der Waals surface area contributed by atoms with Crippen molar-refractivity contribution in [3.05, 3.63) is 30.3 Å². The Hall–Kier alpha value is -1.55. The van der Waals surface area contributed by atoms with Crippen molar-refractivity contribution >= 4 is 5.97 Å². The van der Waals surface area contributed by atoms with E-state index in [1.54, 1.807) is 19.1 Å². The van der Waals surface area contributed by atoms with Crippen LogP contribution in [0.15, 0.2) is 30.3 Å². The summed E-state index contributed by atoms with van der Waals surface area (Å²) in [7, 11) is 0. The number of ether oxygens (including phenoxy) is 3. The van der Waals surface area contributed by atoms with Crippen LogP contribution in [0.4, 0.5) is 0 Å². The number of hydrogen-bond donors (Lipinski definition) is 0. The summed E-state index contributed by atoms with van der Waals surface area (Å²) in [5.41, 5.74) is 0. The highest BCUT2D eigenvalue weighted by Crippen LogP contribution is 2.26. The zero-order chi connectivity index (χ0) is 14.8. The van der Waals surface area contributed by atoms with Gasteiger partial charge in [-0.15, -0.1) is 0 Å². The molecule has 0 aliphatic heterocycles. The van der Waals surface area contributed by atoms with Gasteiger partial charge in [-0.2, -0.15) is 0 Å². The second-order valence-electron chi connectivity index (χ2n) is 4.43. The van der Waals surface area contributed by atoms with Gasteiger partial charge in [-0.3, -0.25) is 0 Å². The predicted molar refractivity (Wildman–Crippen MR) is 77.6 cm³/mol. The van der Waals surface area contributed by atoms with E-state index in [-0.39, 0.29) is 0 Å². The number of unbranched alkanes of at least 4 members (excludes halogenated alkanes) is 1. The molecule has 4 heteroatoms. The van der Waals surface area contributed by atoms with Crippen molar-refractivity contribution in [1.29, 1.82) is 0 Å². The van der Waals surface area contributed by atoms with Crippen LogP contribution >= 0.6 is 0 Å². The van der Waals surface area contributed by atoms with Gasteiger partial charge in [-0.05, 0) is 32.4 Å². The molecule has 0 saturated heterocycles. The van der Waals surface area contributed by atoms with E-state index >= 15 is 0 Å². The molecule has 1 unspecified atom stereocenters. The molecule has 112 valence electrons. The molecule has 1 atom stereocenters. The monoisotopic (exact) mass is 280 g/mol. The van der Waals surface area contributed by atoms with Crippen molar-refractivity contribution in [3.63, 3.8) is 0 Å². The third kappa shape index (κ3) is 4.53. The van der Waals surface area contributed by atoms with Gasteiger partial charge in [0.1, 0.15) is 5.75 Å². The average Bonchev–Trinajstić information content (AvgIpc) is 2.46. The lowest BCUT2D eigenvalue weighted by molar-refractivity contribution is -0.218. The van der Waals surface area contributed by atoms with Crippen LogP contribution in [0.25, 0.3) is 0 Å². The molecule has 0 saturated carbocycles. The third-order valence-electron chi connectivity index (χ3n) is 2.85. The molecule has 0 heterocycles. The fourth-order valence-corrected chi connectivity index (χ4v) is 1.92. The Morgan fingerprint density at radius 3 is 2.35 bits per heavy atom. The van der Waals surface area contributed by atoms with Crippen LogP contribution in [0, 0.1) is 0 Å². The summed E-state index contributed by atoms with van der Waals surface area (Å²) >= 11 is 0.